The lowest BCUT2D eigenvalue weighted by Crippen LogP contribution is -2.46. The van der Waals surface area contributed by atoms with E-state index in [4.69, 9.17) is 10.9 Å². The van der Waals surface area contributed by atoms with Gasteiger partial charge in [-0.25, -0.2) is 0 Å². The third-order valence-electron chi connectivity index (χ3n) is 3.04. The molecule has 1 amide bonds. The second-order valence-corrected chi connectivity index (χ2v) is 4.05. The number of likely N-dealkylation sites (tertiary alicyclic amines) is 1. The number of carbonyl (C=O) groups excluding carboxylic acids is 1. The van der Waals surface area contributed by atoms with Gasteiger partial charge in [-0.1, -0.05) is 12.1 Å². The van der Waals surface area contributed by atoms with Crippen molar-refractivity contribution >= 4 is 11.7 Å². The van der Waals surface area contributed by atoms with E-state index in [-0.39, 0.29) is 17.2 Å². The first kappa shape index (κ1) is 10.8. The standard InChI is InChI=1S/C9H17N3O2/c1-7(13)12-5-3-9(2,4-6-12)8(10)11-14/h14H,3-6H2,1-2H3,(H2,10,11). The van der Waals surface area contributed by atoms with Crippen LogP contribution >= 0.6 is 0 Å². The minimum Gasteiger partial charge on any atom is -0.409 e. The zero-order valence-electron chi connectivity index (χ0n) is 8.66. The number of nitrogens with two attached hydrogens (primary N) is 1. The number of piperidine rings is 1. The normalized spacial score (nSPS) is 22.1. The molecule has 0 aromatic carbocycles. The largest absolute Gasteiger partial charge is 0.409 e. The van der Waals surface area contributed by atoms with E-state index in [9.17, 15) is 4.79 Å². The summed E-state index contributed by atoms with van der Waals surface area (Å²) in [6, 6.07) is 0. The van der Waals surface area contributed by atoms with Crippen molar-refractivity contribution in [2.75, 3.05) is 13.1 Å². The van der Waals surface area contributed by atoms with Crippen molar-refractivity contribution in [3.63, 3.8) is 0 Å². The Balaban J connectivity index is 2.62. The topological polar surface area (TPSA) is 78.9 Å². The summed E-state index contributed by atoms with van der Waals surface area (Å²) in [6.07, 6.45) is 1.50. The third-order valence-corrected chi connectivity index (χ3v) is 3.04. The number of oxime groups is 1. The SMILES string of the molecule is CC(=O)N1CCC(C)(C(N)=NO)CC1. The molecule has 0 aliphatic carbocycles. The van der Waals surface area contributed by atoms with Crippen LogP contribution in [0.25, 0.3) is 0 Å². The molecule has 1 aliphatic heterocycles. The van der Waals surface area contributed by atoms with Crippen LogP contribution in [-0.2, 0) is 4.79 Å². The smallest absolute Gasteiger partial charge is 0.219 e. The van der Waals surface area contributed by atoms with Gasteiger partial charge < -0.3 is 15.8 Å². The predicted molar refractivity (Wildman–Crippen MR) is 53.0 cm³/mol. The Labute approximate surface area is 83.6 Å². The summed E-state index contributed by atoms with van der Waals surface area (Å²) in [7, 11) is 0. The monoisotopic (exact) mass is 199 g/mol. The van der Waals surface area contributed by atoms with E-state index >= 15 is 0 Å². The summed E-state index contributed by atoms with van der Waals surface area (Å²) in [5.74, 6) is 0.354. The Morgan fingerprint density at radius 3 is 2.36 bits per heavy atom. The molecule has 1 saturated heterocycles. The fraction of sp³-hybridized carbons (Fsp3) is 0.778. The number of rotatable bonds is 1. The number of amidine groups is 1. The Hall–Kier alpha value is -1.26. The summed E-state index contributed by atoms with van der Waals surface area (Å²) >= 11 is 0. The lowest BCUT2D eigenvalue weighted by Gasteiger charge is -2.37. The van der Waals surface area contributed by atoms with Crippen molar-refractivity contribution in [3.05, 3.63) is 0 Å². The number of carbonyl (C=O) groups is 1. The van der Waals surface area contributed by atoms with Gasteiger partial charge in [-0.2, -0.15) is 0 Å². The second kappa shape index (κ2) is 3.86. The number of hydrogen-bond acceptors (Lipinski definition) is 3. The van der Waals surface area contributed by atoms with E-state index in [1.165, 1.54) is 0 Å². The zero-order chi connectivity index (χ0) is 10.8. The van der Waals surface area contributed by atoms with Gasteiger partial charge in [0.05, 0.1) is 0 Å². The molecule has 0 aromatic rings. The quantitative estimate of drug-likeness (QED) is 0.277. The number of amides is 1. The van der Waals surface area contributed by atoms with Gasteiger partial charge in [-0.05, 0) is 12.8 Å². The maximum absolute atomic E-state index is 11.1. The first-order valence-electron chi connectivity index (χ1n) is 4.73. The molecule has 0 bridgehead atoms. The Kier molecular flexibility index (Phi) is 2.98. The summed E-state index contributed by atoms with van der Waals surface area (Å²) in [6.45, 7) is 4.88. The molecule has 1 aliphatic rings. The van der Waals surface area contributed by atoms with Crippen molar-refractivity contribution in [2.45, 2.75) is 26.7 Å². The van der Waals surface area contributed by atoms with E-state index < -0.39 is 0 Å². The highest BCUT2D eigenvalue weighted by molar-refractivity contribution is 5.86. The highest BCUT2D eigenvalue weighted by atomic mass is 16.4. The molecular weight excluding hydrogens is 182 g/mol. The van der Waals surface area contributed by atoms with Crippen LogP contribution in [0.15, 0.2) is 5.16 Å². The van der Waals surface area contributed by atoms with Crippen LogP contribution in [0.4, 0.5) is 0 Å². The Morgan fingerprint density at radius 2 is 2.00 bits per heavy atom. The van der Waals surface area contributed by atoms with Crippen molar-refractivity contribution in [2.24, 2.45) is 16.3 Å². The van der Waals surface area contributed by atoms with Crippen LogP contribution < -0.4 is 5.73 Å². The zero-order valence-corrected chi connectivity index (χ0v) is 8.66. The van der Waals surface area contributed by atoms with Gasteiger partial charge in [0.1, 0.15) is 5.84 Å². The molecule has 0 radical (unpaired) electrons. The van der Waals surface area contributed by atoms with Gasteiger partial charge in [-0.15, -0.1) is 0 Å². The molecule has 5 nitrogen and oxygen atoms in total. The first-order chi connectivity index (χ1) is 6.49. The van der Waals surface area contributed by atoms with Gasteiger partial charge >= 0.3 is 0 Å². The predicted octanol–water partition coefficient (Wildman–Crippen LogP) is 0.381. The maximum atomic E-state index is 11.1. The van der Waals surface area contributed by atoms with Crippen molar-refractivity contribution in [1.29, 1.82) is 0 Å². The molecule has 14 heavy (non-hydrogen) atoms. The van der Waals surface area contributed by atoms with Crippen LogP contribution in [0.5, 0.6) is 0 Å². The van der Waals surface area contributed by atoms with E-state index in [1.54, 1.807) is 11.8 Å². The molecule has 3 N–H and O–H groups in total. The molecule has 0 spiro atoms. The van der Waals surface area contributed by atoms with Crippen molar-refractivity contribution < 1.29 is 10.0 Å². The molecule has 0 atom stereocenters. The fourth-order valence-corrected chi connectivity index (χ4v) is 1.69. The van der Waals surface area contributed by atoms with E-state index in [0.29, 0.717) is 13.1 Å². The molecule has 1 rings (SSSR count). The van der Waals surface area contributed by atoms with E-state index in [1.807, 2.05) is 6.92 Å². The Bertz CT molecular complexity index is 255. The minimum atomic E-state index is -0.263. The van der Waals surface area contributed by atoms with Crippen LogP contribution in [-0.4, -0.2) is 34.9 Å². The average Bonchev–Trinajstić information content (AvgIpc) is 2.17. The number of hydrogen-bond donors (Lipinski definition) is 2. The van der Waals surface area contributed by atoms with Crippen LogP contribution in [0.3, 0.4) is 0 Å². The second-order valence-electron chi connectivity index (χ2n) is 4.05. The molecule has 0 aromatic heterocycles. The summed E-state index contributed by atoms with van der Waals surface area (Å²) in [4.78, 5) is 12.8. The van der Waals surface area contributed by atoms with Gasteiger partial charge in [0.25, 0.3) is 0 Å². The van der Waals surface area contributed by atoms with Crippen molar-refractivity contribution in [3.8, 4) is 0 Å². The van der Waals surface area contributed by atoms with Crippen LogP contribution in [0.2, 0.25) is 0 Å². The molecule has 5 heteroatoms. The van der Waals surface area contributed by atoms with Gasteiger partial charge in [0, 0.05) is 25.4 Å². The summed E-state index contributed by atoms with van der Waals surface area (Å²) < 4.78 is 0. The summed E-state index contributed by atoms with van der Waals surface area (Å²) in [5, 5.41) is 11.7. The lowest BCUT2D eigenvalue weighted by atomic mass is 9.79. The highest BCUT2D eigenvalue weighted by Crippen LogP contribution is 2.30. The van der Waals surface area contributed by atoms with Gasteiger partial charge in [0.15, 0.2) is 0 Å². The van der Waals surface area contributed by atoms with Crippen LogP contribution in [0, 0.1) is 5.41 Å². The highest BCUT2D eigenvalue weighted by Gasteiger charge is 2.34. The minimum absolute atomic E-state index is 0.0894. The molecule has 0 unspecified atom stereocenters. The molecule has 80 valence electrons. The number of nitrogens with zero attached hydrogens (tertiary/aromatic N) is 2. The van der Waals surface area contributed by atoms with E-state index in [2.05, 4.69) is 5.16 Å². The lowest BCUT2D eigenvalue weighted by molar-refractivity contribution is -0.130. The van der Waals surface area contributed by atoms with Gasteiger partial charge in [-0.3, -0.25) is 4.79 Å². The average molecular weight is 199 g/mol. The van der Waals surface area contributed by atoms with Crippen molar-refractivity contribution in [1.82, 2.24) is 4.90 Å². The maximum Gasteiger partial charge on any atom is 0.219 e. The summed E-state index contributed by atoms with van der Waals surface area (Å²) in [5.41, 5.74) is 5.34. The Morgan fingerprint density at radius 1 is 1.50 bits per heavy atom. The molecular formula is C9H17N3O2. The van der Waals surface area contributed by atoms with E-state index in [0.717, 1.165) is 12.8 Å². The first-order valence-corrected chi connectivity index (χ1v) is 4.73. The molecule has 0 saturated carbocycles. The third kappa shape index (κ3) is 1.97. The molecule has 1 fully saturated rings. The van der Waals surface area contributed by atoms with Crippen LogP contribution in [0.1, 0.15) is 26.7 Å². The van der Waals surface area contributed by atoms with Gasteiger partial charge in [0.2, 0.25) is 5.91 Å². The fourth-order valence-electron chi connectivity index (χ4n) is 1.69. The molecule has 1 heterocycles.